The number of piperidine rings is 1. The second-order valence-corrected chi connectivity index (χ2v) is 9.74. The Morgan fingerprint density at radius 1 is 1.18 bits per heavy atom. The highest BCUT2D eigenvalue weighted by Gasteiger charge is 2.31. The molecule has 0 bridgehead atoms. The lowest BCUT2D eigenvalue weighted by Gasteiger charge is -2.32. The van der Waals surface area contributed by atoms with Gasteiger partial charge in [0.15, 0.2) is 0 Å². The molecule has 1 aromatic carbocycles. The van der Waals surface area contributed by atoms with Gasteiger partial charge in [-0.25, -0.2) is 8.42 Å². The van der Waals surface area contributed by atoms with Gasteiger partial charge < -0.3 is 11.1 Å². The van der Waals surface area contributed by atoms with Crippen LogP contribution in [0.25, 0.3) is 0 Å². The molecule has 3 unspecified atom stereocenters. The summed E-state index contributed by atoms with van der Waals surface area (Å²) in [5.74, 6) is 0.0768. The fraction of sp³-hybridized carbons (Fsp3) is 0.650. The van der Waals surface area contributed by atoms with Gasteiger partial charge in [-0.1, -0.05) is 25.3 Å². The van der Waals surface area contributed by atoms with E-state index < -0.39 is 10.0 Å². The summed E-state index contributed by atoms with van der Waals surface area (Å²) in [6.07, 6.45) is 7.01. The van der Waals surface area contributed by atoms with Crippen molar-refractivity contribution in [3.63, 3.8) is 0 Å². The number of nitrogens with two attached hydrogens (primary N) is 1. The Bertz CT molecular complexity index is 772. The number of nitrogens with zero attached hydrogens (tertiary/aromatic N) is 1. The van der Waals surface area contributed by atoms with Crippen LogP contribution in [0.2, 0.25) is 0 Å². The molecule has 1 saturated carbocycles. The lowest BCUT2D eigenvalue weighted by atomic mass is 9.84. The minimum Gasteiger partial charge on any atom is -0.349 e. The van der Waals surface area contributed by atoms with Crippen LogP contribution in [0.1, 0.15) is 62.2 Å². The first kappa shape index (κ1) is 23.1. The number of sulfonamides is 1. The minimum atomic E-state index is -3.58. The number of carbonyl (C=O) groups is 1. The molecular weight excluding hydrogens is 398 g/mol. The molecular formula is C20H32ClN3O3S. The molecule has 0 spiro atoms. The highest BCUT2D eigenvalue weighted by Crippen LogP contribution is 2.26. The van der Waals surface area contributed by atoms with E-state index in [0.717, 1.165) is 44.9 Å². The first-order valence-electron chi connectivity index (χ1n) is 10.1. The van der Waals surface area contributed by atoms with Gasteiger partial charge >= 0.3 is 0 Å². The zero-order valence-electron chi connectivity index (χ0n) is 16.5. The van der Waals surface area contributed by atoms with Crippen LogP contribution in [0.5, 0.6) is 0 Å². The Morgan fingerprint density at radius 3 is 2.61 bits per heavy atom. The fourth-order valence-electron chi connectivity index (χ4n) is 4.29. The number of halogens is 1. The molecule has 1 amide bonds. The minimum absolute atomic E-state index is 0. The third kappa shape index (κ3) is 5.06. The second kappa shape index (κ2) is 10.1. The van der Waals surface area contributed by atoms with Gasteiger partial charge in [-0.3, -0.25) is 4.79 Å². The van der Waals surface area contributed by atoms with Gasteiger partial charge in [0, 0.05) is 24.2 Å². The SMILES string of the molecule is CC1CCCCN1S(=O)(=O)c1cccc(C(=O)NC2CCCCC2CN)c1.Cl. The van der Waals surface area contributed by atoms with Crippen molar-refractivity contribution in [2.24, 2.45) is 11.7 Å². The maximum Gasteiger partial charge on any atom is 0.251 e. The molecule has 8 heteroatoms. The fourth-order valence-corrected chi connectivity index (χ4v) is 6.04. The summed E-state index contributed by atoms with van der Waals surface area (Å²) < 4.78 is 27.6. The maximum atomic E-state index is 13.0. The number of hydrogen-bond acceptors (Lipinski definition) is 4. The van der Waals surface area contributed by atoms with Crippen LogP contribution < -0.4 is 11.1 Å². The van der Waals surface area contributed by atoms with Crippen molar-refractivity contribution >= 4 is 28.3 Å². The summed E-state index contributed by atoms with van der Waals surface area (Å²) >= 11 is 0. The number of benzene rings is 1. The molecule has 3 N–H and O–H groups in total. The average molecular weight is 430 g/mol. The first-order chi connectivity index (χ1) is 12.9. The largest absolute Gasteiger partial charge is 0.349 e. The van der Waals surface area contributed by atoms with Crippen LogP contribution >= 0.6 is 12.4 Å². The van der Waals surface area contributed by atoms with E-state index in [2.05, 4.69) is 5.32 Å². The zero-order chi connectivity index (χ0) is 19.4. The van der Waals surface area contributed by atoms with Gasteiger partial charge in [0.2, 0.25) is 10.0 Å². The molecule has 2 fully saturated rings. The molecule has 0 aromatic heterocycles. The van der Waals surface area contributed by atoms with Gasteiger partial charge in [0.1, 0.15) is 0 Å². The van der Waals surface area contributed by atoms with Crippen LogP contribution in [-0.2, 0) is 10.0 Å². The van der Waals surface area contributed by atoms with Gasteiger partial charge in [0.25, 0.3) is 5.91 Å². The Kier molecular flexibility index (Phi) is 8.30. The monoisotopic (exact) mass is 429 g/mol. The maximum absolute atomic E-state index is 13.0. The van der Waals surface area contributed by atoms with Crippen molar-refractivity contribution in [3.05, 3.63) is 29.8 Å². The Labute approximate surface area is 174 Å². The van der Waals surface area contributed by atoms with Crippen LogP contribution in [0.3, 0.4) is 0 Å². The molecule has 28 heavy (non-hydrogen) atoms. The second-order valence-electron chi connectivity index (χ2n) is 7.85. The molecule has 1 aliphatic heterocycles. The number of nitrogens with one attached hydrogen (secondary N) is 1. The number of rotatable bonds is 5. The summed E-state index contributed by atoms with van der Waals surface area (Å²) in [5.41, 5.74) is 6.24. The van der Waals surface area contributed by atoms with Crippen molar-refractivity contribution in [1.29, 1.82) is 0 Å². The lowest BCUT2D eigenvalue weighted by molar-refractivity contribution is 0.0908. The topological polar surface area (TPSA) is 92.5 Å². The zero-order valence-corrected chi connectivity index (χ0v) is 18.1. The molecule has 0 radical (unpaired) electrons. The first-order valence-corrected chi connectivity index (χ1v) is 11.5. The van der Waals surface area contributed by atoms with Crippen molar-refractivity contribution in [2.75, 3.05) is 13.1 Å². The van der Waals surface area contributed by atoms with E-state index in [9.17, 15) is 13.2 Å². The molecule has 6 nitrogen and oxygen atoms in total. The van der Waals surface area contributed by atoms with E-state index in [-0.39, 0.29) is 35.3 Å². The molecule has 1 saturated heterocycles. The molecule has 1 heterocycles. The Balaban J connectivity index is 0.00000280. The highest BCUT2D eigenvalue weighted by molar-refractivity contribution is 7.89. The highest BCUT2D eigenvalue weighted by atomic mass is 35.5. The number of hydrogen-bond donors (Lipinski definition) is 2. The molecule has 1 aliphatic carbocycles. The average Bonchev–Trinajstić information content (AvgIpc) is 2.68. The van der Waals surface area contributed by atoms with E-state index in [1.165, 1.54) is 6.07 Å². The van der Waals surface area contributed by atoms with Crippen LogP contribution in [0, 0.1) is 5.92 Å². The van der Waals surface area contributed by atoms with Gasteiger partial charge in [-0.2, -0.15) is 4.31 Å². The van der Waals surface area contributed by atoms with Crippen molar-refractivity contribution in [1.82, 2.24) is 9.62 Å². The summed E-state index contributed by atoms with van der Waals surface area (Å²) in [4.78, 5) is 12.9. The summed E-state index contributed by atoms with van der Waals surface area (Å²) in [6, 6.07) is 6.47. The Hall–Kier alpha value is -1.15. The number of carbonyl (C=O) groups excluding carboxylic acids is 1. The van der Waals surface area contributed by atoms with E-state index in [1.54, 1.807) is 22.5 Å². The smallest absolute Gasteiger partial charge is 0.251 e. The number of amides is 1. The van der Waals surface area contributed by atoms with Crippen LogP contribution in [0.4, 0.5) is 0 Å². The molecule has 1 aromatic rings. The van der Waals surface area contributed by atoms with Crippen LogP contribution in [0.15, 0.2) is 29.2 Å². The van der Waals surface area contributed by atoms with Crippen molar-refractivity contribution in [2.45, 2.75) is 68.8 Å². The third-order valence-electron chi connectivity index (χ3n) is 5.97. The predicted molar refractivity (Wildman–Crippen MR) is 113 cm³/mol. The van der Waals surface area contributed by atoms with E-state index in [1.807, 2.05) is 6.92 Å². The standard InChI is InChI=1S/C20H31N3O3S.ClH/c1-15-7-4-5-12-23(15)27(25,26)18-10-6-9-16(13-18)20(24)22-19-11-3-2-8-17(19)14-21;/h6,9-10,13,15,17,19H,2-5,7-8,11-12,14,21H2,1H3,(H,22,24);1H. The molecule has 3 atom stereocenters. The van der Waals surface area contributed by atoms with E-state index >= 15 is 0 Å². The van der Waals surface area contributed by atoms with E-state index in [4.69, 9.17) is 5.73 Å². The van der Waals surface area contributed by atoms with Gasteiger partial charge in [-0.15, -0.1) is 12.4 Å². The summed E-state index contributed by atoms with van der Waals surface area (Å²) in [5, 5.41) is 3.08. The molecule has 3 rings (SSSR count). The van der Waals surface area contributed by atoms with E-state index in [0.29, 0.717) is 24.6 Å². The van der Waals surface area contributed by atoms with Crippen molar-refractivity contribution < 1.29 is 13.2 Å². The molecule has 158 valence electrons. The van der Waals surface area contributed by atoms with Gasteiger partial charge in [0.05, 0.1) is 4.90 Å². The van der Waals surface area contributed by atoms with Crippen molar-refractivity contribution in [3.8, 4) is 0 Å². The molecule has 2 aliphatic rings. The lowest BCUT2D eigenvalue weighted by Crippen LogP contribution is -2.44. The quantitative estimate of drug-likeness (QED) is 0.752. The summed E-state index contributed by atoms with van der Waals surface area (Å²) in [6.45, 7) is 3.05. The third-order valence-corrected chi connectivity index (χ3v) is 7.98. The van der Waals surface area contributed by atoms with Gasteiger partial charge in [-0.05, 0) is 63.3 Å². The predicted octanol–water partition coefficient (Wildman–Crippen LogP) is 2.92. The normalized spacial score (nSPS) is 26.3. The van der Waals surface area contributed by atoms with Crippen LogP contribution in [-0.4, -0.2) is 43.8 Å². The Morgan fingerprint density at radius 2 is 1.89 bits per heavy atom. The summed E-state index contributed by atoms with van der Waals surface area (Å²) in [7, 11) is -3.58.